The van der Waals surface area contributed by atoms with Crippen molar-refractivity contribution in [3.8, 4) is 0 Å². The highest BCUT2D eigenvalue weighted by molar-refractivity contribution is 5.94. The van der Waals surface area contributed by atoms with Crippen molar-refractivity contribution in [1.29, 1.82) is 0 Å². The summed E-state index contributed by atoms with van der Waals surface area (Å²) >= 11 is 0. The number of nitrogens with two attached hydrogens (primary N) is 2. The molecule has 3 aromatic rings. The van der Waals surface area contributed by atoms with Gasteiger partial charge in [0.25, 0.3) is 0 Å². The van der Waals surface area contributed by atoms with Gasteiger partial charge in [0, 0.05) is 41.8 Å². The second-order valence-corrected chi connectivity index (χ2v) is 8.36. The molecule has 0 spiro atoms. The van der Waals surface area contributed by atoms with Crippen LogP contribution in [0.15, 0.2) is 43.0 Å². The predicted molar refractivity (Wildman–Crippen MR) is 131 cm³/mol. The molecule has 3 atom stereocenters. The zero-order valence-electron chi connectivity index (χ0n) is 19.7. The molecular weight excluding hydrogens is 484 g/mol. The number of aliphatic carboxylic acids is 1. The maximum Gasteiger partial charge on any atom is 0.326 e. The van der Waals surface area contributed by atoms with Crippen molar-refractivity contribution in [2.75, 3.05) is 6.54 Å². The maximum absolute atomic E-state index is 13.0. The Balaban J connectivity index is 1.67. The van der Waals surface area contributed by atoms with Crippen molar-refractivity contribution in [3.63, 3.8) is 0 Å². The molecule has 0 radical (unpaired) electrons. The Labute approximate surface area is 210 Å². The van der Waals surface area contributed by atoms with Crippen molar-refractivity contribution >= 4 is 40.5 Å². The monoisotopic (exact) mass is 512 g/mol. The van der Waals surface area contributed by atoms with Crippen LogP contribution in [0.25, 0.3) is 10.9 Å². The van der Waals surface area contributed by atoms with Crippen LogP contribution < -0.4 is 27.4 Å². The first-order valence-electron chi connectivity index (χ1n) is 11.3. The van der Waals surface area contributed by atoms with E-state index in [2.05, 4.69) is 30.9 Å². The fourth-order valence-electron chi connectivity index (χ4n) is 3.67. The molecule has 14 heteroatoms. The minimum Gasteiger partial charge on any atom is -0.480 e. The largest absolute Gasteiger partial charge is 0.480 e. The average Bonchev–Trinajstić information content (AvgIpc) is 3.51. The number of benzene rings is 1. The number of nitrogens with zero attached hydrogens (tertiary/aromatic N) is 1. The zero-order valence-corrected chi connectivity index (χ0v) is 19.7. The quantitative estimate of drug-likeness (QED) is 0.128. The van der Waals surface area contributed by atoms with Crippen LogP contribution in [-0.2, 0) is 36.8 Å². The summed E-state index contributed by atoms with van der Waals surface area (Å²) in [6.07, 6.45) is 4.11. The number of imidazole rings is 1. The number of H-pyrrole nitrogens is 2. The highest BCUT2D eigenvalue weighted by Crippen LogP contribution is 2.19. The van der Waals surface area contributed by atoms with E-state index in [4.69, 9.17) is 11.5 Å². The first-order valence-corrected chi connectivity index (χ1v) is 11.3. The fourth-order valence-corrected chi connectivity index (χ4v) is 3.67. The maximum atomic E-state index is 13.0. The number of hydrogen-bond acceptors (Lipinski definition) is 7. The van der Waals surface area contributed by atoms with Crippen LogP contribution in [0.1, 0.15) is 17.7 Å². The summed E-state index contributed by atoms with van der Waals surface area (Å²) in [6.45, 7) is -0.542. The Kier molecular flexibility index (Phi) is 8.94. The second-order valence-electron chi connectivity index (χ2n) is 8.36. The van der Waals surface area contributed by atoms with Crippen molar-refractivity contribution in [2.24, 2.45) is 11.5 Å². The minimum absolute atomic E-state index is 0.0357. The van der Waals surface area contributed by atoms with Crippen LogP contribution >= 0.6 is 0 Å². The Bertz CT molecular complexity index is 1270. The van der Waals surface area contributed by atoms with Crippen LogP contribution in [0.3, 0.4) is 0 Å². The summed E-state index contributed by atoms with van der Waals surface area (Å²) in [6, 6.07) is 3.68. The van der Waals surface area contributed by atoms with E-state index in [1.54, 1.807) is 6.20 Å². The van der Waals surface area contributed by atoms with Crippen LogP contribution in [0.5, 0.6) is 0 Å². The number of aromatic nitrogens is 3. The van der Waals surface area contributed by atoms with Gasteiger partial charge >= 0.3 is 5.97 Å². The van der Waals surface area contributed by atoms with Gasteiger partial charge in [0.15, 0.2) is 0 Å². The molecule has 196 valence electrons. The number of fused-ring (bicyclic) bond motifs is 1. The van der Waals surface area contributed by atoms with E-state index in [9.17, 15) is 29.1 Å². The number of carbonyl (C=O) groups is 5. The van der Waals surface area contributed by atoms with Gasteiger partial charge in [0.1, 0.15) is 12.1 Å². The van der Waals surface area contributed by atoms with Gasteiger partial charge in [-0.15, -0.1) is 0 Å². The first-order chi connectivity index (χ1) is 17.6. The SMILES string of the molecule is NC(=O)CC(N)C(=O)NC(Cc1c[nH]c2ccccc12)C(=O)NCC(=O)NC(Cc1cnc[nH]1)C(=O)O. The molecule has 3 unspecified atom stereocenters. The molecule has 0 bridgehead atoms. The first kappa shape index (κ1) is 26.9. The molecule has 0 saturated carbocycles. The Hall–Kier alpha value is -4.72. The summed E-state index contributed by atoms with van der Waals surface area (Å²) in [5, 5.41) is 17.5. The standard InChI is InChI=1S/C23H28N8O6/c24-15(7-19(25)32)21(34)31-17(5-12-8-27-16-4-2-1-3-14(12)16)22(35)28-10-20(33)30-18(23(36)37)6-13-9-26-11-29-13/h1-4,8-9,11,15,17-18,27H,5-7,10,24H2,(H2,25,32)(H,26,29)(H,28,35)(H,30,33)(H,31,34)(H,36,37). The normalized spacial score (nSPS) is 13.3. The molecule has 10 N–H and O–H groups in total. The molecule has 3 rings (SSSR count). The smallest absolute Gasteiger partial charge is 0.326 e. The fraction of sp³-hybridized carbons (Fsp3) is 0.304. The molecule has 0 aliphatic rings. The van der Waals surface area contributed by atoms with E-state index in [1.165, 1.54) is 12.5 Å². The number of primary amides is 1. The number of nitrogens with one attached hydrogen (secondary N) is 5. The summed E-state index contributed by atoms with van der Waals surface area (Å²) in [5.41, 5.74) is 12.9. The molecule has 2 aromatic heterocycles. The molecule has 0 aliphatic heterocycles. The summed E-state index contributed by atoms with van der Waals surface area (Å²) in [5.74, 6) is -4.26. The number of hydrogen-bond donors (Lipinski definition) is 8. The third-order valence-corrected chi connectivity index (χ3v) is 5.53. The van der Waals surface area contributed by atoms with Crippen molar-refractivity contribution in [1.82, 2.24) is 30.9 Å². The molecule has 14 nitrogen and oxygen atoms in total. The van der Waals surface area contributed by atoms with Crippen LogP contribution in [-0.4, -0.2) is 74.3 Å². The number of aromatic amines is 2. The lowest BCUT2D eigenvalue weighted by Crippen LogP contribution is -2.54. The van der Waals surface area contributed by atoms with Crippen LogP contribution in [0.4, 0.5) is 0 Å². The predicted octanol–water partition coefficient (Wildman–Crippen LogP) is -1.95. The van der Waals surface area contributed by atoms with Gasteiger partial charge < -0.3 is 42.5 Å². The van der Waals surface area contributed by atoms with Crippen molar-refractivity contribution < 1.29 is 29.1 Å². The van der Waals surface area contributed by atoms with Gasteiger partial charge in [-0.2, -0.15) is 0 Å². The number of rotatable bonds is 13. The minimum atomic E-state index is -1.27. The molecule has 0 fully saturated rings. The van der Waals surface area contributed by atoms with Gasteiger partial charge in [-0.25, -0.2) is 9.78 Å². The Morgan fingerprint density at radius 2 is 1.76 bits per heavy atom. The summed E-state index contributed by atoms with van der Waals surface area (Å²) in [4.78, 5) is 70.2. The number of para-hydroxylation sites is 1. The van der Waals surface area contributed by atoms with Crippen molar-refractivity contribution in [2.45, 2.75) is 37.4 Å². The molecule has 37 heavy (non-hydrogen) atoms. The molecule has 2 heterocycles. The van der Waals surface area contributed by atoms with Crippen LogP contribution in [0.2, 0.25) is 0 Å². The lowest BCUT2D eigenvalue weighted by atomic mass is 10.0. The lowest BCUT2D eigenvalue weighted by Gasteiger charge is -2.21. The van der Waals surface area contributed by atoms with Gasteiger partial charge in [-0.3, -0.25) is 19.2 Å². The van der Waals surface area contributed by atoms with E-state index in [1.807, 2.05) is 24.3 Å². The third kappa shape index (κ3) is 7.63. The van der Waals surface area contributed by atoms with Crippen LogP contribution in [0, 0.1) is 0 Å². The van der Waals surface area contributed by atoms with Crippen molar-refractivity contribution in [3.05, 3.63) is 54.2 Å². The van der Waals surface area contributed by atoms with E-state index in [0.717, 1.165) is 16.5 Å². The van der Waals surface area contributed by atoms with E-state index in [0.29, 0.717) is 5.69 Å². The average molecular weight is 513 g/mol. The lowest BCUT2D eigenvalue weighted by molar-refractivity contribution is -0.141. The molecular formula is C23H28N8O6. The van der Waals surface area contributed by atoms with E-state index in [-0.39, 0.29) is 12.8 Å². The highest BCUT2D eigenvalue weighted by Gasteiger charge is 2.27. The summed E-state index contributed by atoms with van der Waals surface area (Å²) in [7, 11) is 0. The van der Waals surface area contributed by atoms with Gasteiger partial charge in [0.05, 0.1) is 25.3 Å². The van der Waals surface area contributed by atoms with Gasteiger partial charge in [0.2, 0.25) is 23.6 Å². The third-order valence-electron chi connectivity index (χ3n) is 5.53. The number of carboxylic acid groups (broad SMARTS) is 1. The number of carbonyl (C=O) groups excluding carboxylic acids is 4. The Morgan fingerprint density at radius 1 is 1.00 bits per heavy atom. The molecule has 1 aromatic carbocycles. The van der Waals surface area contributed by atoms with Gasteiger partial charge in [-0.05, 0) is 11.6 Å². The summed E-state index contributed by atoms with van der Waals surface area (Å²) < 4.78 is 0. The Morgan fingerprint density at radius 3 is 2.43 bits per heavy atom. The van der Waals surface area contributed by atoms with E-state index >= 15 is 0 Å². The molecule has 0 aliphatic carbocycles. The second kappa shape index (κ2) is 12.3. The van der Waals surface area contributed by atoms with Gasteiger partial charge in [-0.1, -0.05) is 18.2 Å². The zero-order chi connectivity index (χ0) is 26.9. The number of amides is 4. The number of carboxylic acids is 1. The topological polar surface area (TPSA) is 238 Å². The molecule has 4 amide bonds. The van der Waals surface area contributed by atoms with E-state index < -0.39 is 60.7 Å². The molecule has 0 saturated heterocycles. The highest BCUT2D eigenvalue weighted by atomic mass is 16.4.